The summed E-state index contributed by atoms with van der Waals surface area (Å²) in [6.07, 6.45) is 0.863. The Morgan fingerprint density at radius 3 is 2.38 bits per heavy atom. The molecule has 11 heteroatoms. The van der Waals surface area contributed by atoms with Crippen LogP contribution in [0.3, 0.4) is 0 Å². The third-order valence-electron chi connectivity index (χ3n) is 8.01. The van der Waals surface area contributed by atoms with Gasteiger partial charge in [-0.15, -0.1) is 0 Å². The van der Waals surface area contributed by atoms with Crippen LogP contribution in [0.2, 0.25) is 0 Å². The zero-order chi connectivity index (χ0) is 27.5. The number of hydrogen-bond acceptors (Lipinski definition) is 11. The van der Waals surface area contributed by atoms with Gasteiger partial charge in [0.2, 0.25) is 0 Å². The average molecular weight is 521 g/mol. The molecule has 2 aliphatic heterocycles. The summed E-state index contributed by atoms with van der Waals surface area (Å²) < 4.78 is 28.1. The summed E-state index contributed by atoms with van der Waals surface area (Å²) in [4.78, 5) is 62.3. The summed E-state index contributed by atoms with van der Waals surface area (Å²) >= 11 is 0. The molecule has 9 atom stereocenters. The molecule has 37 heavy (non-hydrogen) atoms. The highest BCUT2D eigenvalue weighted by Crippen LogP contribution is 2.58. The van der Waals surface area contributed by atoms with Crippen LogP contribution in [0.25, 0.3) is 0 Å². The molecule has 4 aliphatic rings. The normalized spacial score (nSPS) is 43.7. The van der Waals surface area contributed by atoms with Gasteiger partial charge in [-0.05, 0) is 31.6 Å². The SMILES string of the molecule is CC(=O)OC/C1=C/[C@@H]2OC(=O)[C@H](C)[C@@]2(O)[C@H](OC(C)=O)[C@H]2[C@](C)(OC(C)=O)C(=O)C=C[C@]2(C)C2O[C@@H]2C1. The zero-order valence-corrected chi connectivity index (χ0v) is 21.6. The number of carbonyl (C=O) groups excluding carboxylic acids is 5. The minimum Gasteiger partial charge on any atom is -0.461 e. The molecule has 0 aromatic carbocycles. The summed E-state index contributed by atoms with van der Waals surface area (Å²) in [6.45, 7) is 8.02. The van der Waals surface area contributed by atoms with Gasteiger partial charge in [-0.3, -0.25) is 24.0 Å². The number of esters is 4. The van der Waals surface area contributed by atoms with Crippen LogP contribution in [0.1, 0.15) is 48.0 Å². The van der Waals surface area contributed by atoms with E-state index in [0.717, 1.165) is 13.8 Å². The number of ether oxygens (including phenoxy) is 5. The van der Waals surface area contributed by atoms with E-state index in [-0.39, 0.29) is 13.0 Å². The minimum absolute atomic E-state index is 0.127. The van der Waals surface area contributed by atoms with Crippen LogP contribution in [-0.4, -0.2) is 77.0 Å². The zero-order valence-electron chi connectivity index (χ0n) is 21.6. The van der Waals surface area contributed by atoms with Gasteiger partial charge in [-0.25, -0.2) is 0 Å². The topological polar surface area (TPSA) is 155 Å². The minimum atomic E-state index is -2.18. The molecule has 4 rings (SSSR count). The highest BCUT2D eigenvalue weighted by atomic mass is 16.6. The number of ketones is 1. The van der Waals surface area contributed by atoms with Gasteiger partial charge in [-0.2, -0.15) is 0 Å². The number of carbonyl (C=O) groups is 5. The fraction of sp³-hybridized carbons (Fsp3) is 0.654. The number of rotatable bonds is 4. The van der Waals surface area contributed by atoms with Gasteiger partial charge >= 0.3 is 23.9 Å². The van der Waals surface area contributed by atoms with Crippen molar-refractivity contribution in [3.8, 4) is 0 Å². The van der Waals surface area contributed by atoms with Gasteiger partial charge in [-0.1, -0.05) is 13.0 Å². The molecule has 0 aromatic rings. The summed E-state index contributed by atoms with van der Waals surface area (Å²) in [5, 5.41) is 12.3. The van der Waals surface area contributed by atoms with Crippen molar-refractivity contribution in [1.29, 1.82) is 0 Å². The van der Waals surface area contributed by atoms with Crippen LogP contribution < -0.4 is 0 Å². The van der Waals surface area contributed by atoms with E-state index in [1.165, 1.54) is 32.9 Å². The van der Waals surface area contributed by atoms with Crippen LogP contribution in [0.5, 0.6) is 0 Å². The lowest BCUT2D eigenvalue weighted by Gasteiger charge is -2.53. The van der Waals surface area contributed by atoms with Gasteiger partial charge in [0.15, 0.2) is 23.1 Å². The van der Waals surface area contributed by atoms with Gasteiger partial charge in [0, 0.05) is 32.6 Å². The molecule has 0 radical (unpaired) electrons. The van der Waals surface area contributed by atoms with Gasteiger partial charge in [0.05, 0.1) is 24.0 Å². The molecular weight excluding hydrogens is 488 g/mol. The summed E-state index contributed by atoms with van der Waals surface area (Å²) in [5.74, 6) is -5.73. The number of aliphatic hydroxyl groups is 1. The monoisotopic (exact) mass is 520 g/mol. The first-order valence-corrected chi connectivity index (χ1v) is 12.2. The van der Waals surface area contributed by atoms with Crippen LogP contribution in [0.4, 0.5) is 0 Å². The molecule has 0 aromatic heterocycles. The van der Waals surface area contributed by atoms with Gasteiger partial charge in [0.1, 0.15) is 12.7 Å². The molecule has 0 amide bonds. The second kappa shape index (κ2) is 9.05. The Labute approximate surface area is 214 Å². The van der Waals surface area contributed by atoms with Crippen molar-refractivity contribution in [2.75, 3.05) is 6.61 Å². The van der Waals surface area contributed by atoms with E-state index in [9.17, 15) is 29.1 Å². The lowest BCUT2D eigenvalue weighted by Crippen LogP contribution is -2.68. The van der Waals surface area contributed by atoms with E-state index < -0.39 is 82.5 Å². The third-order valence-corrected chi connectivity index (χ3v) is 8.01. The molecule has 2 heterocycles. The summed E-state index contributed by atoms with van der Waals surface area (Å²) in [5.41, 5.74) is -4.61. The second-order valence-electron chi connectivity index (χ2n) is 10.6. The smallest absolute Gasteiger partial charge is 0.312 e. The van der Waals surface area contributed by atoms with E-state index in [1.807, 2.05) is 0 Å². The quantitative estimate of drug-likeness (QED) is 0.244. The standard InChI is InChI=1S/C26H32O11/c1-12-23(31)36-19-10-16(11-33-13(2)27)9-17-21(35-17)24(5)8-7-18(30)25(6,37-15(4)29)20(24)22(26(12,19)32)34-14(3)28/h7-8,10,12,17,19-22,32H,9,11H2,1-6H3/b16-10+/t12-,17+,19-,20+,21?,22+,24-,25+,26-/m0/s1. The molecule has 0 saturated carbocycles. The molecule has 2 saturated heterocycles. The highest BCUT2D eigenvalue weighted by Gasteiger charge is 2.72. The van der Waals surface area contributed by atoms with E-state index in [4.69, 9.17) is 23.7 Å². The number of fused-ring (bicyclic) bond motifs is 4. The Kier molecular flexibility index (Phi) is 6.61. The molecule has 1 unspecified atom stereocenters. The Hall–Kier alpha value is -3.05. The van der Waals surface area contributed by atoms with Crippen molar-refractivity contribution in [2.45, 2.75) is 83.6 Å². The van der Waals surface area contributed by atoms with Crippen molar-refractivity contribution in [3.63, 3.8) is 0 Å². The maximum absolute atomic E-state index is 13.3. The van der Waals surface area contributed by atoms with Crippen LogP contribution in [0.15, 0.2) is 23.8 Å². The molecule has 2 aliphatic carbocycles. The maximum atomic E-state index is 13.3. The largest absolute Gasteiger partial charge is 0.461 e. The van der Waals surface area contributed by atoms with Crippen LogP contribution in [0, 0.1) is 17.3 Å². The van der Waals surface area contributed by atoms with E-state index in [0.29, 0.717) is 5.57 Å². The molecule has 0 spiro atoms. The van der Waals surface area contributed by atoms with E-state index in [2.05, 4.69) is 0 Å². The highest BCUT2D eigenvalue weighted by molar-refractivity contribution is 5.99. The van der Waals surface area contributed by atoms with Crippen LogP contribution in [-0.2, 0) is 47.7 Å². The van der Waals surface area contributed by atoms with E-state index >= 15 is 0 Å². The first-order valence-electron chi connectivity index (χ1n) is 12.2. The second-order valence-corrected chi connectivity index (χ2v) is 10.6. The molecule has 2 fully saturated rings. The average Bonchev–Trinajstić information content (AvgIpc) is 3.52. The van der Waals surface area contributed by atoms with E-state index in [1.54, 1.807) is 13.0 Å². The molecule has 202 valence electrons. The number of epoxide rings is 1. The molecule has 0 bridgehead atoms. The fourth-order valence-electron chi connectivity index (χ4n) is 6.20. The van der Waals surface area contributed by atoms with Gasteiger partial charge in [0.25, 0.3) is 0 Å². The summed E-state index contributed by atoms with van der Waals surface area (Å²) in [6, 6.07) is 0. The predicted octanol–water partition coefficient (Wildman–Crippen LogP) is 0.955. The Morgan fingerprint density at radius 2 is 1.78 bits per heavy atom. The summed E-state index contributed by atoms with van der Waals surface area (Å²) in [7, 11) is 0. The molecular formula is C26H32O11. The Balaban J connectivity index is 1.97. The molecule has 11 nitrogen and oxygen atoms in total. The third kappa shape index (κ3) is 4.37. The van der Waals surface area contributed by atoms with Gasteiger partial charge < -0.3 is 28.8 Å². The van der Waals surface area contributed by atoms with Crippen molar-refractivity contribution in [2.24, 2.45) is 17.3 Å². The first-order chi connectivity index (χ1) is 17.1. The maximum Gasteiger partial charge on any atom is 0.312 e. The van der Waals surface area contributed by atoms with Crippen LogP contribution >= 0.6 is 0 Å². The Bertz CT molecular complexity index is 1110. The molecule has 1 N–H and O–H groups in total. The first kappa shape index (κ1) is 27.0. The van der Waals surface area contributed by atoms with Crippen molar-refractivity contribution in [1.82, 2.24) is 0 Å². The lowest BCUT2D eigenvalue weighted by atomic mass is 9.55. The van der Waals surface area contributed by atoms with Crippen molar-refractivity contribution in [3.05, 3.63) is 23.8 Å². The predicted molar refractivity (Wildman–Crippen MR) is 123 cm³/mol. The fourth-order valence-corrected chi connectivity index (χ4v) is 6.20. The Morgan fingerprint density at radius 1 is 1.11 bits per heavy atom. The number of hydrogen-bond donors (Lipinski definition) is 1. The lowest BCUT2D eigenvalue weighted by molar-refractivity contribution is -0.221. The van der Waals surface area contributed by atoms with Crippen molar-refractivity contribution < 1.29 is 52.8 Å². The van der Waals surface area contributed by atoms with Crippen molar-refractivity contribution >= 4 is 29.7 Å².